The van der Waals surface area contributed by atoms with E-state index >= 15 is 0 Å². The van der Waals surface area contributed by atoms with E-state index in [4.69, 9.17) is 21.1 Å². The van der Waals surface area contributed by atoms with Crippen LogP contribution in [0.4, 0.5) is 24.5 Å². The number of nitrogens with zero attached hydrogens (tertiary/aromatic N) is 5. The summed E-state index contributed by atoms with van der Waals surface area (Å²) in [7, 11) is -11.0. The number of hydrogen-bond acceptors (Lipinski definition) is 14. The molecule has 1 atom stereocenters. The van der Waals surface area contributed by atoms with Gasteiger partial charge in [-0.15, -0.1) is 0 Å². The van der Waals surface area contributed by atoms with Gasteiger partial charge in [-0.2, -0.15) is 13.2 Å². The number of ether oxygens (including phenoxy) is 2. The summed E-state index contributed by atoms with van der Waals surface area (Å²) in [5.74, 6) is -0.904. The monoisotopic (exact) mass is 1140 g/mol. The number of piperazine rings is 1. The highest BCUT2D eigenvalue weighted by atomic mass is 35.5. The van der Waals surface area contributed by atoms with Crippen molar-refractivity contribution in [2.24, 2.45) is 10.8 Å². The Labute approximate surface area is 460 Å². The van der Waals surface area contributed by atoms with Gasteiger partial charge in [0.1, 0.15) is 22.0 Å². The number of morpholine rings is 1. The van der Waals surface area contributed by atoms with E-state index in [1.54, 1.807) is 30.5 Å². The first-order valence-corrected chi connectivity index (χ1v) is 30.4. The van der Waals surface area contributed by atoms with Gasteiger partial charge in [0.15, 0.2) is 0 Å². The molecule has 16 nitrogen and oxygen atoms in total. The third-order valence-corrected chi connectivity index (χ3v) is 19.7. The Morgan fingerprint density at radius 2 is 1.59 bits per heavy atom. The largest absolute Gasteiger partial charge is 0.501 e. The molecule has 5 aromatic rings. The lowest BCUT2D eigenvalue weighted by Crippen LogP contribution is -2.49. The molecule has 420 valence electrons. The minimum atomic E-state index is -6.05. The molecular weight excluding hydrogens is 1070 g/mol. The Kier molecular flexibility index (Phi) is 16.8. The van der Waals surface area contributed by atoms with E-state index in [2.05, 4.69) is 59.3 Å². The summed E-state index contributed by atoms with van der Waals surface area (Å²) in [5, 5.41) is 7.72. The minimum Gasteiger partial charge on any atom is -0.455 e. The second kappa shape index (κ2) is 23.4. The Morgan fingerprint density at radius 1 is 0.846 bits per heavy atom. The quantitative estimate of drug-likeness (QED) is 0.0649. The Morgan fingerprint density at radius 3 is 2.32 bits per heavy atom. The number of aromatic amines is 1. The number of halogens is 4. The molecular formula is C56H69ClF3N9O7S2. The molecule has 22 heteroatoms. The molecule has 3 aromatic carbocycles. The zero-order chi connectivity index (χ0) is 54.7. The Balaban J connectivity index is 0.851. The molecule has 0 radical (unpaired) electrons. The molecule has 4 aliphatic heterocycles. The molecule has 1 amide bonds. The van der Waals surface area contributed by atoms with Crippen LogP contribution in [0.5, 0.6) is 11.5 Å². The molecule has 4 N–H and O–H groups in total. The van der Waals surface area contributed by atoms with E-state index in [9.17, 15) is 34.8 Å². The van der Waals surface area contributed by atoms with Gasteiger partial charge in [0.05, 0.1) is 35.6 Å². The van der Waals surface area contributed by atoms with Gasteiger partial charge in [-0.3, -0.25) is 14.6 Å². The fraction of sp³-hybridized carbons (Fsp3) is 0.500. The van der Waals surface area contributed by atoms with Crippen LogP contribution in [0, 0.1) is 10.8 Å². The Hall–Kier alpha value is -5.26. The summed E-state index contributed by atoms with van der Waals surface area (Å²) in [6, 6.07) is 18.9. The highest BCUT2D eigenvalue weighted by Crippen LogP contribution is 2.46. The molecule has 78 heavy (non-hydrogen) atoms. The van der Waals surface area contributed by atoms with Crippen LogP contribution >= 0.6 is 11.6 Å². The zero-order valence-electron chi connectivity index (χ0n) is 44.0. The van der Waals surface area contributed by atoms with Crippen molar-refractivity contribution in [3.8, 4) is 11.5 Å². The molecule has 4 fully saturated rings. The van der Waals surface area contributed by atoms with Gasteiger partial charge in [-0.25, -0.2) is 26.5 Å². The van der Waals surface area contributed by atoms with Crippen LogP contribution in [0.3, 0.4) is 0 Å². The first kappa shape index (κ1) is 56.0. The number of nitrogens with one attached hydrogen (secondary N) is 4. The van der Waals surface area contributed by atoms with Crippen molar-refractivity contribution < 1.29 is 44.3 Å². The second-order valence-corrected chi connectivity index (χ2v) is 26.0. The van der Waals surface area contributed by atoms with Gasteiger partial charge < -0.3 is 34.9 Å². The maximum absolute atomic E-state index is 14.2. The molecule has 0 bridgehead atoms. The molecule has 4 saturated heterocycles. The van der Waals surface area contributed by atoms with E-state index in [0.29, 0.717) is 80.2 Å². The molecule has 0 saturated carbocycles. The van der Waals surface area contributed by atoms with Crippen molar-refractivity contribution in [2.45, 2.75) is 73.6 Å². The van der Waals surface area contributed by atoms with Gasteiger partial charge >= 0.3 is 5.51 Å². The lowest BCUT2D eigenvalue weighted by molar-refractivity contribution is -0.0435. The number of aromatic nitrogens is 2. The van der Waals surface area contributed by atoms with Gasteiger partial charge in [0.2, 0.25) is 0 Å². The number of benzene rings is 3. The number of rotatable bonds is 17. The number of sulfone groups is 1. The highest BCUT2D eigenvalue weighted by molar-refractivity contribution is 7.92. The number of pyridine rings is 1. The summed E-state index contributed by atoms with van der Waals surface area (Å²) >= 11 is 6.37. The van der Waals surface area contributed by atoms with Gasteiger partial charge in [0.25, 0.3) is 25.8 Å². The van der Waals surface area contributed by atoms with Gasteiger partial charge in [-0.05, 0) is 161 Å². The topological polar surface area (TPSA) is 182 Å². The van der Waals surface area contributed by atoms with Crippen molar-refractivity contribution in [1.29, 1.82) is 0 Å². The SMILES string of the molecule is CC1(CN2CCC3(CCNCC3)CC2)CCC(c2ccc(Cl)cc2)=C(CN2CCN(c3ccc(C(=O)NS(=O)(=O)c4ccc(NCCCN5CCOCC5)c(S(=O)(=O)C(F)(F)F)c4)c(Oc4cnc5[nH]ccc5c4)c3)CC2)C1. The summed E-state index contributed by atoms with van der Waals surface area (Å²) in [6.45, 7) is 14.9. The van der Waals surface area contributed by atoms with Crippen molar-refractivity contribution in [3.05, 3.63) is 107 Å². The molecule has 6 heterocycles. The molecule has 1 aliphatic carbocycles. The number of likely N-dealkylation sites (tertiary alicyclic amines) is 1. The number of carbonyl (C=O) groups is 1. The van der Waals surface area contributed by atoms with Crippen LogP contribution in [-0.4, -0.2) is 158 Å². The average Bonchev–Trinajstić information content (AvgIpc) is 4.02. The first-order valence-electron chi connectivity index (χ1n) is 27.0. The zero-order valence-corrected chi connectivity index (χ0v) is 46.4. The van der Waals surface area contributed by atoms with E-state index in [0.717, 1.165) is 89.1 Å². The number of anilines is 2. The van der Waals surface area contributed by atoms with E-state index in [1.807, 2.05) is 16.9 Å². The number of amides is 1. The summed E-state index contributed by atoms with van der Waals surface area (Å²) in [5.41, 5.74) is -0.351. The second-order valence-electron chi connectivity index (χ2n) is 22.0. The van der Waals surface area contributed by atoms with Crippen LogP contribution in [-0.2, 0) is 24.6 Å². The Bertz CT molecular complexity index is 3200. The fourth-order valence-corrected chi connectivity index (χ4v) is 14.2. The number of sulfonamides is 1. The fourth-order valence-electron chi connectivity index (χ4n) is 12.0. The lowest BCUT2D eigenvalue weighted by atomic mass is 9.69. The van der Waals surface area contributed by atoms with Crippen LogP contribution in [0.15, 0.2) is 101 Å². The normalized spacial score (nSPS) is 21.3. The molecule has 10 rings (SSSR count). The summed E-state index contributed by atoms with van der Waals surface area (Å²) in [6.07, 6.45) is 11.9. The summed E-state index contributed by atoms with van der Waals surface area (Å²) < 4.78 is 110. The van der Waals surface area contributed by atoms with Crippen LogP contribution < -0.4 is 25.0 Å². The van der Waals surface area contributed by atoms with E-state index in [-0.39, 0.29) is 29.0 Å². The van der Waals surface area contributed by atoms with E-state index in [1.165, 1.54) is 54.7 Å². The molecule has 1 spiro atoms. The maximum atomic E-state index is 14.2. The van der Waals surface area contributed by atoms with Crippen molar-refractivity contribution >= 4 is 65.3 Å². The average molecular weight is 1140 g/mol. The summed E-state index contributed by atoms with van der Waals surface area (Å²) in [4.78, 5) is 29.0. The van der Waals surface area contributed by atoms with Crippen molar-refractivity contribution in [2.75, 3.05) is 115 Å². The van der Waals surface area contributed by atoms with Crippen LogP contribution in [0.1, 0.15) is 74.2 Å². The number of alkyl halides is 3. The third-order valence-electron chi connectivity index (χ3n) is 16.5. The van der Waals surface area contributed by atoms with Crippen LogP contribution in [0.25, 0.3) is 16.6 Å². The van der Waals surface area contributed by atoms with Crippen LogP contribution in [0.2, 0.25) is 5.02 Å². The highest BCUT2D eigenvalue weighted by Gasteiger charge is 2.48. The van der Waals surface area contributed by atoms with E-state index < -0.39 is 46.8 Å². The molecule has 5 aliphatic rings. The standard InChI is InChI=1S/C56H69ClF3N9O7S2/c1-54(39-68-23-16-55(17-24-68)14-20-61-21-15-55)13-11-47(40-3-5-43(57)6-4-40)42(36-54)38-67-25-27-69(28-26-67)44-7-9-48(50(34-44)76-45-33-41-12-19-63-52(41)64-37-45)53(70)65-78(73,74)46-8-10-49(51(35-46)77(71,72)56(58,59)60)62-18-2-22-66-29-31-75-32-30-66/h3-10,12,19,33-35,37,61-62H,2,11,13-18,20-32,36,38-39H2,1H3,(H,63,64)(H,65,70). The number of carbonyl (C=O) groups excluding carboxylic acids is 1. The number of H-pyrrole nitrogens is 1. The number of piperidine rings is 2. The van der Waals surface area contributed by atoms with Crippen molar-refractivity contribution in [3.63, 3.8) is 0 Å². The number of hydrogen-bond donors (Lipinski definition) is 4. The van der Waals surface area contributed by atoms with Gasteiger partial charge in [0, 0.05) is 87.3 Å². The molecule has 2 aromatic heterocycles. The van der Waals surface area contributed by atoms with Crippen molar-refractivity contribution in [1.82, 2.24) is 34.7 Å². The smallest absolute Gasteiger partial charge is 0.455 e. The third kappa shape index (κ3) is 13.0. The molecule has 1 unspecified atom stereocenters. The minimum absolute atomic E-state index is 0.00448. The van der Waals surface area contributed by atoms with Gasteiger partial charge in [-0.1, -0.05) is 36.2 Å². The number of fused-ring (bicyclic) bond motifs is 1. The maximum Gasteiger partial charge on any atom is 0.501 e. The predicted octanol–water partition coefficient (Wildman–Crippen LogP) is 8.79. The predicted molar refractivity (Wildman–Crippen MR) is 297 cm³/mol. The lowest BCUT2D eigenvalue weighted by Gasteiger charge is -2.48. The number of allylic oxidation sites excluding steroid dienone is 1. The first-order chi connectivity index (χ1) is 37.3.